The van der Waals surface area contributed by atoms with Gasteiger partial charge in [0.05, 0.1) is 19.5 Å². The lowest BCUT2D eigenvalue weighted by Crippen LogP contribution is -2.36. The lowest BCUT2D eigenvalue weighted by molar-refractivity contribution is -0.127. The normalized spacial score (nSPS) is 16.1. The highest BCUT2D eigenvalue weighted by atomic mass is 16.5. The van der Waals surface area contributed by atoms with Crippen LogP contribution in [-0.2, 0) is 22.6 Å². The van der Waals surface area contributed by atoms with Crippen molar-refractivity contribution in [2.24, 2.45) is 0 Å². The Hall–Kier alpha value is -4.05. The van der Waals surface area contributed by atoms with E-state index in [0.29, 0.717) is 56.4 Å². The highest BCUT2D eigenvalue weighted by Gasteiger charge is 2.21. The van der Waals surface area contributed by atoms with Crippen LogP contribution in [0.25, 0.3) is 22.6 Å². The fourth-order valence-electron chi connectivity index (χ4n) is 4.81. The number of nitrogens with zero attached hydrogens (tertiary/aromatic N) is 7. The summed E-state index contributed by atoms with van der Waals surface area (Å²) in [5, 5.41) is 3.46. The summed E-state index contributed by atoms with van der Waals surface area (Å²) >= 11 is 0. The number of anilines is 2. The Morgan fingerprint density at radius 2 is 1.81 bits per heavy atom. The number of carbonyl (C=O) groups excluding carboxylic acids is 1. The van der Waals surface area contributed by atoms with Crippen molar-refractivity contribution in [2.75, 3.05) is 49.6 Å². The predicted molar refractivity (Wildman–Crippen MR) is 141 cm³/mol. The molecular formula is C27H30N8O2. The number of benzene rings is 1. The molecule has 0 bridgehead atoms. The van der Waals surface area contributed by atoms with Gasteiger partial charge < -0.3 is 24.4 Å². The molecule has 1 amide bonds. The molecule has 10 heteroatoms. The number of carbonyl (C=O) groups is 1. The topological polar surface area (TPSA) is 101 Å². The van der Waals surface area contributed by atoms with Crippen molar-refractivity contribution < 1.29 is 9.53 Å². The van der Waals surface area contributed by atoms with Gasteiger partial charge in [0.1, 0.15) is 11.3 Å². The second-order valence-electron chi connectivity index (χ2n) is 9.33. The van der Waals surface area contributed by atoms with Crippen molar-refractivity contribution in [3.05, 3.63) is 60.6 Å². The quantitative estimate of drug-likeness (QED) is 0.396. The Balaban J connectivity index is 1.31. The highest BCUT2D eigenvalue weighted by molar-refractivity contribution is 5.85. The Kier molecular flexibility index (Phi) is 6.64. The van der Waals surface area contributed by atoms with Crippen molar-refractivity contribution in [1.82, 2.24) is 29.4 Å². The largest absolute Gasteiger partial charge is 0.378 e. The van der Waals surface area contributed by atoms with Crippen LogP contribution in [0.3, 0.4) is 0 Å². The fraction of sp³-hybridized carbons (Fsp3) is 0.370. The third-order valence-electron chi connectivity index (χ3n) is 6.89. The lowest BCUT2D eigenvalue weighted by Gasteiger charge is -2.27. The first-order valence-electron chi connectivity index (χ1n) is 12.8. The molecular weight excluding hydrogens is 468 g/mol. The highest BCUT2D eigenvalue weighted by Crippen LogP contribution is 2.26. The van der Waals surface area contributed by atoms with Crippen LogP contribution < -0.4 is 10.2 Å². The maximum atomic E-state index is 12.1. The third kappa shape index (κ3) is 5.10. The summed E-state index contributed by atoms with van der Waals surface area (Å²) in [6, 6.07) is 14.2. The van der Waals surface area contributed by atoms with Gasteiger partial charge in [0, 0.05) is 57.4 Å². The van der Waals surface area contributed by atoms with Crippen LogP contribution in [0, 0.1) is 0 Å². The maximum Gasteiger partial charge on any atom is 0.222 e. The minimum absolute atomic E-state index is 0.219. The molecule has 0 radical (unpaired) electrons. The van der Waals surface area contributed by atoms with Gasteiger partial charge in [0.2, 0.25) is 5.91 Å². The van der Waals surface area contributed by atoms with E-state index in [2.05, 4.69) is 27.3 Å². The van der Waals surface area contributed by atoms with E-state index in [1.807, 2.05) is 46.0 Å². The molecule has 1 N–H and O–H groups in total. The second kappa shape index (κ2) is 10.5. The van der Waals surface area contributed by atoms with E-state index >= 15 is 0 Å². The van der Waals surface area contributed by atoms with E-state index < -0.39 is 0 Å². The van der Waals surface area contributed by atoms with Crippen LogP contribution in [0.2, 0.25) is 0 Å². The summed E-state index contributed by atoms with van der Waals surface area (Å²) in [5.74, 6) is 2.41. The molecule has 0 aliphatic carbocycles. The lowest BCUT2D eigenvalue weighted by atomic mass is 10.2. The van der Waals surface area contributed by atoms with Crippen molar-refractivity contribution in [1.29, 1.82) is 0 Å². The van der Waals surface area contributed by atoms with Crippen LogP contribution >= 0.6 is 0 Å². The molecule has 2 aliphatic rings. The number of hydrogen-bond donors (Lipinski definition) is 1. The van der Waals surface area contributed by atoms with E-state index in [9.17, 15) is 4.79 Å². The Labute approximate surface area is 215 Å². The number of nitrogens with one attached hydrogen (secondary N) is 1. The van der Waals surface area contributed by atoms with Crippen LogP contribution in [0.1, 0.15) is 18.4 Å². The first-order chi connectivity index (χ1) is 18.2. The zero-order valence-electron chi connectivity index (χ0n) is 20.7. The van der Waals surface area contributed by atoms with Crippen molar-refractivity contribution >= 4 is 28.7 Å². The zero-order chi connectivity index (χ0) is 25.0. The third-order valence-corrected chi connectivity index (χ3v) is 6.89. The van der Waals surface area contributed by atoms with Crippen LogP contribution in [-0.4, -0.2) is 74.7 Å². The fourth-order valence-corrected chi connectivity index (χ4v) is 4.81. The van der Waals surface area contributed by atoms with E-state index in [4.69, 9.17) is 19.7 Å². The Morgan fingerprint density at radius 1 is 0.946 bits per heavy atom. The van der Waals surface area contributed by atoms with Crippen molar-refractivity contribution in [2.45, 2.75) is 25.9 Å². The van der Waals surface area contributed by atoms with Crippen LogP contribution in [0.5, 0.6) is 0 Å². The van der Waals surface area contributed by atoms with Gasteiger partial charge in [0.15, 0.2) is 17.3 Å². The Bertz CT molecular complexity index is 1370. The van der Waals surface area contributed by atoms with Crippen molar-refractivity contribution in [3.8, 4) is 11.4 Å². The van der Waals surface area contributed by atoms with Gasteiger partial charge in [-0.05, 0) is 24.1 Å². The summed E-state index contributed by atoms with van der Waals surface area (Å²) in [6.45, 7) is 5.81. The summed E-state index contributed by atoms with van der Waals surface area (Å²) in [4.78, 5) is 35.3. The number of amides is 1. The minimum atomic E-state index is 0.219. The Morgan fingerprint density at radius 3 is 2.57 bits per heavy atom. The molecule has 0 unspecified atom stereocenters. The van der Waals surface area contributed by atoms with Gasteiger partial charge >= 0.3 is 0 Å². The van der Waals surface area contributed by atoms with E-state index in [-0.39, 0.29) is 5.91 Å². The van der Waals surface area contributed by atoms with Gasteiger partial charge in [-0.3, -0.25) is 4.79 Å². The monoisotopic (exact) mass is 498 g/mol. The predicted octanol–water partition coefficient (Wildman–Crippen LogP) is 2.96. The molecule has 4 aromatic rings. The first kappa shape index (κ1) is 23.4. The van der Waals surface area contributed by atoms with Crippen LogP contribution in [0.15, 0.2) is 55.0 Å². The molecule has 2 aliphatic heterocycles. The molecule has 0 atom stereocenters. The number of likely N-dealkylation sites (tertiary alicyclic amines) is 1. The molecule has 190 valence electrons. The van der Waals surface area contributed by atoms with Gasteiger partial charge in [-0.15, -0.1) is 0 Å². The summed E-state index contributed by atoms with van der Waals surface area (Å²) in [5.41, 5.74) is 3.44. The SMILES string of the molecule is O=C1CCCN1CCn1cnc2c(NCc3ccccc3)nc(-c3ccc(N4CCOCC4)nc3)nc21. The summed E-state index contributed by atoms with van der Waals surface area (Å²) in [7, 11) is 0. The number of pyridine rings is 1. The summed E-state index contributed by atoms with van der Waals surface area (Å²) < 4.78 is 7.47. The number of aromatic nitrogens is 5. The molecule has 2 saturated heterocycles. The van der Waals surface area contributed by atoms with Gasteiger partial charge in [-0.1, -0.05) is 30.3 Å². The van der Waals surface area contributed by atoms with Gasteiger partial charge in [-0.25, -0.2) is 19.9 Å². The average Bonchev–Trinajstić information content (AvgIpc) is 3.57. The van der Waals surface area contributed by atoms with Gasteiger partial charge in [0.25, 0.3) is 0 Å². The number of fused-ring (bicyclic) bond motifs is 1. The van der Waals surface area contributed by atoms with Crippen molar-refractivity contribution in [3.63, 3.8) is 0 Å². The summed E-state index contributed by atoms with van der Waals surface area (Å²) in [6.07, 6.45) is 5.18. The smallest absolute Gasteiger partial charge is 0.222 e. The average molecular weight is 499 g/mol. The first-order valence-corrected chi connectivity index (χ1v) is 12.8. The molecule has 3 aromatic heterocycles. The molecule has 10 nitrogen and oxygen atoms in total. The maximum absolute atomic E-state index is 12.1. The van der Waals surface area contributed by atoms with E-state index in [1.165, 1.54) is 0 Å². The number of morpholine rings is 1. The molecule has 5 heterocycles. The molecule has 1 aromatic carbocycles. The van der Waals surface area contributed by atoms with Crippen LogP contribution in [0.4, 0.5) is 11.6 Å². The minimum Gasteiger partial charge on any atom is -0.378 e. The number of ether oxygens (including phenoxy) is 1. The standard InChI is InChI=1S/C27H30N8O2/c36-23-7-4-10-34(23)11-12-35-19-30-24-26(29-17-20-5-2-1-3-6-20)31-25(32-27(24)35)21-8-9-22(28-18-21)33-13-15-37-16-14-33/h1-3,5-6,8-9,18-19H,4,7,10-17H2,(H,29,31,32). The molecule has 6 rings (SSSR count). The zero-order valence-corrected chi connectivity index (χ0v) is 20.7. The molecule has 0 spiro atoms. The van der Waals surface area contributed by atoms with E-state index in [0.717, 1.165) is 48.6 Å². The number of hydrogen-bond acceptors (Lipinski definition) is 8. The van der Waals surface area contributed by atoms with Gasteiger partial charge in [-0.2, -0.15) is 0 Å². The number of imidazole rings is 1. The molecule has 2 fully saturated rings. The van der Waals surface area contributed by atoms with E-state index in [1.54, 1.807) is 6.33 Å². The second-order valence-corrected chi connectivity index (χ2v) is 9.33. The number of rotatable bonds is 8. The molecule has 0 saturated carbocycles. The molecule has 37 heavy (non-hydrogen) atoms.